The molecular formula is C11H23Cl. The van der Waals surface area contributed by atoms with E-state index in [9.17, 15) is 0 Å². The molecule has 0 nitrogen and oxygen atoms in total. The highest BCUT2D eigenvalue weighted by Crippen LogP contribution is 2.50. The van der Waals surface area contributed by atoms with Gasteiger partial charge in [-0.3, -0.25) is 0 Å². The Morgan fingerprint density at radius 1 is 0.917 bits per heavy atom. The van der Waals surface area contributed by atoms with Crippen LogP contribution in [0.5, 0.6) is 0 Å². The number of halogens is 1. The molecule has 0 aromatic heterocycles. The highest BCUT2D eigenvalue weighted by Gasteiger charge is 2.46. The minimum absolute atomic E-state index is 0.144. The summed E-state index contributed by atoms with van der Waals surface area (Å²) in [4.78, 5) is -0.144. The molecule has 0 aliphatic carbocycles. The van der Waals surface area contributed by atoms with Gasteiger partial charge < -0.3 is 0 Å². The fraction of sp³-hybridized carbons (Fsp3) is 1.00. The summed E-state index contributed by atoms with van der Waals surface area (Å²) < 4.78 is 0. The molecule has 74 valence electrons. The number of hydrogen-bond acceptors (Lipinski definition) is 0. The molecule has 0 N–H and O–H groups in total. The Bertz CT molecular complexity index is 149. The van der Waals surface area contributed by atoms with Crippen molar-refractivity contribution in [2.45, 2.75) is 59.8 Å². The Kier molecular flexibility index (Phi) is 3.29. The largest absolute Gasteiger partial charge is 0.118 e. The van der Waals surface area contributed by atoms with Gasteiger partial charge in [0.1, 0.15) is 0 Å². The van der Waals surface area contributed by atoms with Gasteiger partial charge >= 0.3 is 0 Å². The summed E-state index contributed by atoms with van der Waals surface area (Å²) in [5, 5.41) is 0. The van der Waals surface area contributed by atoms with Crippen LogP contribution in [0.1, 0.15) is 54.9 Å². The Labute approximate surface area is 82.7 Å². The smallest absolute Gasteiger partial charge is 0.0517 e. The molecule has 0 heterocycles. The summed E-state index contributed by atoms with van der Waals surface area (Å²) in [6, 6.07) is 0. The topological polar surface area (TPSA) is 0 Å². The zero-order chi connectivity index (χ0) is 10.2. The zero-order valence-corrected chi connectivity index (χ0v) is 10.3. The molecule has 0 fully saturated rings. The lowest BCUT2D eigenvalue weighted by Crippen LogP contribution is -2.46. The van der Waals surface area contributed by atoms with E-state index in [0.29, 0.717) is 0 Å². The third-order valence-electron chi connectivity index (χ3n) is 3.56. The summed E-state index contributed by atoms with van der Waals surface area (Å²) in [6.07, 6.45) is 1.12. The van der Waals surface area contributed by atoms with Crippen LogP contribution in [0.2, 0.25) is 0 Å². The Morgan fingerprint density at radius 3 is 1.33 bits per heavy atom. The van der Waals surface area contributed by atoms with Crippen molar-refractivity contribution in [3.8, 4) is 0 Å². The predicted molar refractivity (Wildman–Crippen MR) is 57.8 cm³/mol. The Hall–Kier alpha value is 0.290. The normalized spacial score (nSPS) is 19.0. The van der Waals surface area contributed by atoms with Crippen molar-refractivity contribution in [3.63, 3.8) is 0 Å². The molecule has 0 aromatic carbocycles. The van der Waals surface area contributed by atoms with Gasteiger partial charge in [-0.05, 0) is 24.2 Å². The third kappa shape index (κ3) is 1.96. The first kappa shape index (κ1) is 12.3. The molecular weight excluding hydrogens is 168 g/mol. The van der Waals surface area contributed by atoms with Gasteiger partial charge in [0.2, 0.25) is 0 Å². The lowest BCUT2D eigenvalue weighted by molar-refractivity contribution is 0.129. The molecule has 0 spiro atoms. The van der Waals surface area contributed by atoms with Crippen molar-refractivity contribution in [1.82, 2.24) is 0 Å². The van der Waals surface area contributed by atoms with Crippen LogP contribution in [0.4, 0.5) is 0 Å². The maximum atomic E-state index is 6.60. The SMILES string of the molecule is CCC(C)(C)C(C)(Cl)C(C)(C)C. The summed E-state index contributed by atoms with van der Waals surface area (Å²) in [6.45, 7) is 15.5. The lowest BCUT2D eigenvalue weighted by Gasteiger charge is -2.48. The molecule has 0 saturated carbocycles. The maximum absolute atomic E-state index is 6.60. The molecule has 0 aliphatic heterocycles. The molecule has 0 saturated heterocycles. The molecule has 12 heavy (non-hydrogen) atoms. The van der Waals surface area contributed by atoms with E-state index in [2.05, 4.69) is 48.5 Å². The Balaban J connectivity index is 4.85. The fourth-order valence-corrected chi connectivity index (χ4v) is 1.48. The van der Waals surface area contributed by atoms with Crippen LogP contribution in [0.15, 0.2) is 0 Å². The van der Waals surface area contributed by atoms with E-state index in [-0.39, 0.29) is 15.7 Å². The van der Waals surface area contributed by atoms with Gasteiger partial charge in [0.05, 0.1) is 4.87 Å². The molecule has 1 unspecified atom stereocenters. The standard InChI is InChI=1S/C11H23Cl/c1-8-10(5,6)11(7,12)9(2,3)4/h8H2,1-7H3. The van der Waals surface area contributed by atoms with Crippen LogP contribution < -0.4 is 0 Å². The first-order valence-electron chi connectivity index (χ1n) is 4.75. The maximum Gasteiger partial charge on any atom is 0.0517 e. The molecule has 0 aromatic rings. The van der Waals surface area contributed by atoms with E-state index in [4.69, 9.17) is 11.6 Å². The quantitative estimate of drug-likeness (QED) is 0.564. The number of rotatable bonds is 2. The van der Waals surface area contributed by atoms with Gasteiger partial charge in [-0.1, -0.05) is 41.5 Å². The van der Waals surface area contributed by atoms with Crippen molar-refractivity contribution >= 4 is 11.6 Å². The van der Waals surface area contributed by atoms with Crippen molar-refractivity contribution in [2.75, 3.05) is 0 Å². The molecule has 0 aliphatic rings. The summed E-state index contributed by atoms with van der Waals surface area (Å²) in [7, 11) is 0. The van der Waals surface area contributed by atoms with E-state index in [1.165, 1.54) is 0 Å². The van der Waals surface area contributed by atoms with Gasteiger partial charge in [-0.2, -0.15) is 0 Å². The van der Waals surface area contributed by atoms with Crippen molar-refractivity contribution in [1.29, 1.82) is 0 Å². The van der Waals surface area contributed by atoms with Gasteiger partial charge in [-0.25, -0.2) is 0 Å². The van der Waals surface area contributed by atoms with Crippen LogP contribution in [0.25, 0.3) is 0 Å². The fourth-order valence-electron chi connectivity index (χ4n) is 1.35. The molecule has 0 rings (SSSR count). The molecule has 1 heteroatoms. The summed E-state index contributed by atoms with van der Waals surface area (Å²) in [5.41, 5.74) is 0.334. The second kappa shape index (κ2) is 3.21. The average Bonchev–Trinajstić information content (AvgIpc) is 1.85. The van der Waals surface area contributed by atoms with E-state index < -0.39 is 0 Å². The van der Waals surface area contributed by atoms with Gasteiger partial charge in [0.15, 0.2) is 0 Å². The Morgan fingerprint density at radius 2 is 1.25 bits per heavy atom. The van der Waals surface area contributed by atoms with Crippen LogP contribution in [0.3, 0.4) is 0 Å². The number of alkyl halides is 1. The van der Waals surface area contributed by atoms with Crippen LogP contribution in [-0.4, -0.2) is 4.87 Å². The summed E-state index contributed by atoms with van der Waals surface area (Å²) >= 11 is 6.60. The molecule has 0 radical (unpaired) electrons. The van der Waals surface area contributed by atoms with Crippen LogP contribution >= 0.6 is 11.6 Å². The van der Waals surface area contributed by atoms with Crippen molar-refractivity contribution in [3.05, 3.63) is 0 Å². The van der Waals surface area contributed by atoms with Crippen molar-refractivity contribution < 1.29 is 0 Å². The minimum Gasteiger partial charge on any atom is -0.118 e. The molecule has 0 amide bonds. The number of hydrogen-bond donors (Lipinski definition) is 0. The van der Waals surface area contributed by atoms with Gasteiger partial charge in [0, 0.05) is 0 Å². The first-order valence-corrected chi connectivity index (χ1v) is 5.13. The predicted octanol–water partition coefficient (Wildman–Crippen LogP) is 4.47. The summed E-state index contributed by atoms with van der Waals surface area (Å²) in [5.74, 6) is 0. The van der Waals surface area contributed by atoms with E-state index in [1.807, 2.05) is 0 Å². The third-order valence-corrected chi connectivity index (χ3v) is 4.64. The van der Waals surface area contributed by atoms with Crippen molar-refractivity contribution in [2.24, 2.45) is 10.8 Å². The van der Waals surface area contributed by atoms with E-state index in [0.717, 1.165) is 6.42 Å². The minimum atomic E-state index is -0.144. The average molecular weight is 191 g/mol. The molecule has 1 atom stereocenters. The van der Waals surface area contributed by atoms with E-state index in [1.54, 1.807) is 0 Å². The second-order valence-electron chi connectivity index (χ2n) is 5.49. The van der Waals surface area contributed by atoms with Crippen LogP contribution in [0, 0.1) is 10.8 Å². The second-order valence-corrected chi connectivity index (χ2v) is 6.25. The highest BCUT2D eigenvalue weighted by molar-refractivity contribution is 6.24. The van der Waals surface area contributed by atoms with Gasteiger partial charge in [0.25, 0.3) is 0 Å². The highest BCUT2D eigenvalue weighted by atomic mass is 35.5. The first-order chi connectivity index (χ1) is 5.06. The van der Waals surface area contributed by atoms with Gasteiger partial charge in [-0.15, -0.1) is 11.6 Å². The monoisotopic (exact) mass is 190 g/mol. The lowest BCUT2D eigenvalue weighted by atomic mass is 9.65. The molecule has 0 bridgehead atoms. The van der Waals surface area contributed by atoms with Crippen LogP contribution in [-0.2, 0) is 0 Å². The zero-order valence-electron chi connectivity index (χ0n) is 9.59. The van der Waals surface area contributed by atoms with E-state index >= 15 is 0 Å².